The Morgan fingerprint density at radius 1 is 1.23 bits per heavy atom. The van der Waals surface area contributed by atoms with Crippen LogP contribution in [0.1, 0.15) is 26.7 Å². The van der Waals surface area contributed by atoms with Crippen LogP contribution in [0.3, 0.4) is 0 Å². The van der Waals surface area contributed by atoms with Crippen molar-refractivity contribution in [1.82, 2.24) is 0 Å². The Kier molecular flexibility index (Phi) is 2.86. The summed E-state index contributed by atoms with van der Waals surface area (Å²) in [4.78, 5) is 23.0. The minimum atomic E-state index is -0.447. The molecule has 0 spiro atoms. The lowest BCUT2D eigenvalue weighted by Gasteiger charge is -2.23. The highest BCUT2D eigenvalue weighted by molar-refractivity contribution is 6.11. The number of nitrogens with two attached hydrogens (primary N) is 1. The molecule has 1 rings (SSSR count). The molecular formula is C10H15NO2. The van der Waals surface area contributed by atoms with E-state index in [1.54, 1.807) is 0 Å². The highest BCUT2D eigenvalue weighted by atomic mass is 16.2. The number of hydrogen-bond donors (Lipinski definition) is 1. The van der Waals surface area contributed by atoms with E-state index in [-0.39, 0.29) is 17.5 Å². The van der Waals surface area contributed by atoms with Crippen LogP contribution in [-0.4, -0.2) is 11.6 Å². The predicted molar refractivity (Wildman–Crippen MR) is 49.8 cm³/mol. The topological polar surface area (TPSA) is 60.2 Å². The van der Waals surface area contributed by atoms with Gasteiger partial charge in [-0.3, -0.25) is 9.59 Å². The monoisotopic (exact) mass is 181 g/mol. The van der Waals surface area contributed by atoms with Crippen LogP contribution >= 0.6 is 0 Å². The van der Waals surface area contributed by atoms with Gasteiger partial charge in [0.05, 0.1) is 11.8 Å². The second-order valence-corrected chi connectivity index (χ2v) is 3.37. The van der Waals surface area contributed by atoms with Crippen molar-refractivity contribution < 1.29 is 9.59 Å². The molecule has 0 fully saturated rings. The van der Waals surface area contributed by atoms with Crippen LogP contribution in [0.25, 0.3) is 0 Å². The van der Waals surface area contributed by atoms with Crippen LogP contribution in [0.15, 0.2) is 11.8 Å². The molecule has 0 saturated heterocycles. The molecule has 2 N–H and O–H groups in total. The maximum Gasteiger partial charge on any atom is 0.167 e. The zero-order chi connectivity index (χ0) is 10.0. The van der Waals surface area contributed by atoms with Crippen LogP contribution in [0.2, 0.25) is 0 Å². The van der Waals surface area contributed by atoms with Crippen molar-refractivity contribution in [2.24, 2.45) is 17.6 Å². The summed E-state index contributed by atoms with van der Waals surface area (Å²) < 4.78 is 0. The summed E-state index contributed by atoms with van der Waals surface area (Å²) in [5.74, 6) is -0.815. The molecule has 2 unspecified atom stereocenters. The standard InChI is InChI=1S/C10H15NO2/c1-3-6-8(11)5-9(12)7(4-2)10(6)13/h5-7H,3-4,11H2,1-2H3. The fourth-order valence-electron chi connectivity index (χ4n) is 1.75. The van der Waals surface area contributed by atoms with Gasteiger partial charge in [-0.05, 0) is 12.8 Å². The average molecular weight is 181 g/mol. The van der Waals surface area contributed by atoms with Gasteiger partial charge in [0.2, 0.25) is 0 Å². The molecule has 0 aromatic heterocycles. The molecule has 3 heteroatoms. The van der Waals surface area contributed by atoms with Crippen LogP contribution in [-0.2, 0) is 9.59 Å². The Balaban J connectivity index is 2.99. The lowest BCUT2D eigenvalue weighted by Crippen LogP contribution is -2.36. The lowest BCUT2D eigenvalue weighted by atomic mass is 9.80. The van der Waals surface area contributed by atoms with Gasteiger partial charge in [-0.25, -0.2) is 0 Å². The Labute approximate surface area is 78.0 Å². The Hall–Kier alpha value is -1.12. The number of rotatable bonds is 2. The maximum atomic E-state index is 11.7. The first-order chi connectivity index (χ1) is 6.11. The fraction of sp³-hybridized carbons (Fsp3) is 0.600. The van der Waals surface area contributed by atoms with Gasteiger partial charge in [-0.2, -0.15) is 0 Å². The molecule has 0 aliphatic heterocycles. The quantitative estimate of drug-likeness (QED) is 0.647. The van der Waals surface area contributed by atoms with Gasteiger partial charge in [0, 0.05) is 11.8 Å². The third-order valence-corrected chi connectivity index (χ3v) is 2.56. The average Bonchev–Trinajstić information content (AvgIpc) is 2.04. The molecule has 0 aromatic carbocycles. The summed E-state index contributed by atoms with van der Waals surface area (Å²) in [6.45, 7) is 3.76. The lowest BCUT2D eigenvalue weighted by molar-refractivity contribution is -0.133. The third kappa shape index (κ3) is 1.64. The molecule has 3 nitrogen and oxygen atoms in total. The summed E-state index contributed by atoms with van der Waals surface area (Å²) in [5.41, 5.74) is 6.04. The predicted octanol–water partition coefficient (Wildman–Crippen LogP) is 1.03. The summed E-state index contributed by atoms with van der Waals surface area (Å²) in [6.07, 6.45) is 2.69. The van der Waals surface area contributed by atoms with Crippen molar-refractivity contribution in [1.29, 1.82) is 0 Å². The number of ketones is 2. The van der Waals surface area contributed by atoms with Crippen LogP contribution in [0, 0.1) is 11.8 Å². The number of carbonyl (C=O) groups is 2. The Bertz CT molecular complexity index is 268. The van der Waals surface area contributed by atoms with E-state index in [2.05, 4.69) is 0 Å². The summed E-state index contributed by atoms with van der Waals surface area (Å²) >= 11 is 0. The molecule has 2 atom stereocenters. The molecule has 0 bridgehead atoms. The van der Waals surface area contributed by atoms with E-state index in [1.165, 1.54) is 6.08 Å². The number of allylic oxidation sites excluding steroid dienone is 2. The van der Waals surface area contributed by atoms with Gasteiger partial charge in [0.15, 0.2) is 11.6 Å². The maximum absolute atomic E-state index is 11.7. The Morgan fingerprint density at radius 2 is 1.77 bits per heavy atom. The third-order valence-electron chi connectivity index (χ3n) is 2.56. The molecule has 0 saturated carbocycles. The van der Waals surface area contributed by atoms with Gasteiger partial charge < -0.3 is 5.73 Å². The van der Waals surface area contributed by atoms with Crippen molar-refractivity contribution in [2.45, 2.75) is 26.7 Å². The normalized spacial score (nSPS) is 28.9. The molecular weight excluding hydrogens is 166 g/mol. The summed E-state index contributed by atoms with van der Waals surface area (Å²) in [5, 5.41) is 0. The molecule has 13 heavy (non-hydrogen) atoms. The molecule has 72 valence electrons. The summed E-state index contributed by atoms with van der Waals surface area (Å²) in [7, 11) is 0. The first-order valence-electron chi connectivity index (χ1n) is 4.66. The number of Topliss-reactive ketones (excluding diaryl/α,β-unsaturated/α-hetero) is 1. The number of carbonyl (C=O) groups excluding carboxylic acids is 2. The van der Waals surface area contributed by atoms with E-state index in [0.29, 0.717) is 18.5 Å². The van der Waals surface area contributed by atoms with Gasteiger partial charge >= 0.3 is 0 Å². The van der Waals surface area contributed by atoms with Crippen LogP contribution in [0.4, 0.5) is 0 Å². The molecule has 1 aliphatic rings. The smallest absolute Gasteiger partial charge is 0.167 e. The van der Waals surface area contributed by atoms with E-state index in [4.69, 9.17) is 5.73 Å². The minimum Gasteiger partial charge on any atom is -0.401 e. The minimum absolute atomic E-state index is 0.00463. The second-order valence-electron chi connectivity index (χ2n) is 3.37. The zero-order valence-electron chi connectivity index (χ0n) is 8.04. The van der Waals surface area contributed by atoms with Crippen molar-refractivity contribution in [3.63, 3.8) is 0 Å². The van der Waals surface area contributed by atoms with Crippen molar-refractivity contribution in [3.8, 4) is 0 Å². The Morgan fingerprint density at radius 3 is 2.23 bits per heavy atom. The van der Waals surface area contributed by atoms with Crippen LogP contribution in [0.5, 0.6) is 0 Å². The van der Waals surface area contributed by atoms with Gasteiger partial charge in [0.25, 0.3) is 0 Å². The highest BCUT2D eigenvalue weighted by Crippen LogP contribution is 2.25. The van der Waals surface area contributed by atoms with Gasteiger partial charge in [-0.15, -0.1) is 0 Å². The van der Waals surface area contributed by atoms with Gasteiger partial charge in [-0.1, -0.05) is 13.8 Å². The van der Waals surface area contributed by atoms with Crippen molar-refractivity contribution in [2.75, 3.05) is 0 Å². The zero-order valence-corrected chi connectivity index (χ0v) is 8.04. The van der Waals surface area contributed by atoms with Crippen LogP contribution < -0.4 is 5.73 Å². The number of hydrogen-bond acceptors (Lipinski definition) is 3. The highest BCUT2D eigenvalue weighted by Gasteiger charge is 2.34. The first-order valence-corrected chi connectivity index (χ1v) is 4.66. The largest absolute Gasteiger partial charge is 0.401 e. The fourth-order valence-corrected chi connectivity index (χ4v) is 1.75. The summed E-state index contributed by atoms with van der Waals surface area (Å²) in [6, 6.07) is 0. The molecule has 0 radical (unpaired) electrons. The van der Waals surface area contributed by atoms with E-state index in [1.807, 2.05) is 13.8 Å². The molecule has 0 amide bonds. The SMILES string of the molecule is CCC1C(=O)C=C(N)C(CC)C1=O. The van der Waals surface area contributed by atoms with Crippen molar-refractivity contribution in [3.05, 3.63) is 11.8 Å². The van der Waals surface area contributed by atoms with E-state index in [9.17, 15) is 9.59 Å². The van der Waals surface area contributed by atoms with Gasteiger partial charge in [0.1, 0.15) is 0 Å². The molecule has 0 aromatic rings. The van der Waals surface area contributed by atoms with E-state index in [0.717, 1.165) is 0 Å². The second kappa shape index (κ2) is 3.73. The molecule has 1 aliphatic carbocycles. The van der Waals surface area contributed by atoms with E-state index >= 15 is 0 Å². The van der Waals surface area contributed by atoms with Crippen molar-refractivity contribution >= 4 is 11.6 Å². The van der Waals surface area contributed by atoms with E-state index < -0.39 is 5.92 Å². The first kappa shape index (κ1) is 9.96. The molecule has 0 heterocycles.